The lowest BCUT2D eigenvalue weighted by Gasteiger charge is -2.20. The Balaban J connectivity index is 4.12. The molecule has 92 valence electrons. The number of carbonyl (C=O) groups is 2. The van der Waals surface area contributed by atoms with Crippen molar-refractivity contribution in [3.63, 3.8) is 0 Å². The monoisotopic (exact) mass is 228 g/mol. The number of nitrogens with zero attached hydrogens (tertiary/aromatic N) is 1. The van der Waals surface area contributed by atoms with Gasteiger partial charge in [0, 0.05) is 26.2 Å². The van der Waals surface area contributed by atoms with Gasteiger partial charge in [0.05, 0.1) is 6.04 Å². The van der Waals surface area contributed by atoms with Crippen LogP contribution in [0.15, 0.2) is 11.6 Å². The lowest BCUT2D eigenvalue weighted by molar-refractivity contribution is -0.132. The molecule has 2 N–H and O–H groups in total. The van der Waals surface area contributed by atoms with Crippen LogP contribution in [0.5, 0.6) is 0 Å². The van der Waals surface area contributed by atoms with Crippen LogP contribution in [-0.4, -0.2) is 48.1 Å². The van der Waals surface area contributed by atoms with Gasteiger partial charge in [-0.3, -0.25) is 4.79 Å². The third kappa shape index (κ3) is 5.50. The normalized spacial score (nSPS) is 13.4. The number of hydrogen-bond donors (Lipinski definition) is 2. The molecule has 0 saturated carbocycles. The number of carboxylic acid groups (broad SMARTS) is 1. The quantitative estimate of drug-likeness (QED) is 0.648. The molecule has 5 nitrogen and oxygen atoms in total. The largest absolute Gasteiger partial charge is 0.478 e. The Morgan fingerprint density at radius 2 is 2.06 bits per heavy atom. The van der Waals surface area contributed by atoms with Crippen LogP contribution in [0.4, 0.5) is 0 Å². The fraction of sp³-hybridized carbons (Fsp3) is 0.636. The van der Waals surface area contributed by atoms with E-state index in [1.807, 2.05) is 6.92 Å². The molecule has 0 aromatic carbocycles. The van der Waals surface area contributed by atoms with E-state index in [4.69, 9.17) is 5.11 Å². The maximum atomic E-state index is 11.6. The minimum atomic E-state index is -0.969. The van der Waals surface area contributed by atoms with Gasteiger partial charge in [0.25, 0.3) is 0 Å². The number of likely N-dealkylation sites (N-methyl/N-ethyl adjacent to an activating group) is 1. The molecule has 0 aliphatic carbocycles. The molecule has 0 aliphatic rings. The average Bonchev–Trinajstić information content (AvgIpc) is 2.22. The van der Waals surface area contributed by atoms with Crippen LogP contribution < -0.4 is 5.32 Å². The molecule has 1 atom stereocenters. The zero-order valence-corrected chi connectivity index (χ0v) is 10.3. The van der Waals surface area contributed by atoms with Gasteiger partial charge in [-0.05, 0) is 20.8 Å². The van der Waals surface area contributed by atoms with Crippen molar-refractivity contribution in [1.29, 1.82) is 0 Å². The van der Waals surface area contributed by atoms with Crippen LogP contribution in [0.2, 0.25) is 0 Å². The molecule has 0 aliphatic heterocycles. The summed E-state index contributed by atoms with van der Waals surface area (Å²) in [5.41, 5.74) is 0.686. The van der Waals surface area contributed by atoms with E-state index in [9.17, 15) is 9.59 Å². The molecule has 1 amide bonds. The van der Waals surface area contributed by atoms with Gasteiger partial charge >= 0.3 is 5.97 Å². The standard InChI is InChI=1S/C11H20N2O3/c1-5-13(4)11(16)9(3)12-7-8(2)6-10(14)15/h6,9,12H,5,7H2,1-4H3,(H,14,15). The Labute approximate surface area is 96.1 Å². The van der Waals surface area contributed by atoms with Crippen LogP contribution in [0, 0.1) is 0 Å². The SMILES string of the molecule is CCN(C)C(=O)C(C)NCC(C)=CC(=O)O. The van der Waals surface area contributed by atoms with Crippen LogP contribution in [0.1, 0.15) is 20.8 Å². The summed E-state index contributed by atoms with van der Waals surface area (Å²) >= 11 is 0. The predicted molar refractivity (Wildman–Crippen MR) is 62.2 cm³/mol. The van der Waals surface area contributed by atoms with Crippen molar-refractivity contribution in [3.8, 4) is 0 Å². The molecular weight excluding hydrogens is 208 g/mol. The highest BCUT2D eigenvalue weighted by atomic mass is 16.4. The first kappa shape index (κ1) is 14.6. The van der Waals surface area contributed by atoms with Crippen LogP contribution in [-0.2, 0) is 9.59 Å². The van der Waals surface area contributed by atoms with Gasteiger partial charge in [-0.25, -0.2) is 4.79 Å². The summed E-state index contributed by atoms with van der Waals surface area (Å²) in [4.78, 5) is 23.6. The second-order valence-electron chi connectivity index (χ2n) is 3.78. The zero-order chi connectivity index (χ0) is 12.7. The summed E-state index contributed by atoms with van der Waals surface area (Å²) in [6.45, 7) is 6.44. The van der Waals surface area contributed by atoms with Crippen molar-refractivity contribution in [1.82, 2.24) is 10.2 Å². The molecular formula is C11H20N2O3. The Morgan fingerprint density at radius 1 is 1.50 bits per heavy atom. The van der Waals surface area contributed by atoms with E-state index in [-0.39, 0.29) is 11.9 Å². The average molecular weight is 228 g/mol. The van der Waals surface area contributed by atoms with Gasteiger partial charge in [-0.15, -0.1) is 0 Å². The van der Waals surface area contributed by atoms with Gasteiger partial charge < -0.3 is 15.3 Å². The highest BCUT2D eigenvalue weighted by Crippen LogP contribution is 1.95. The molecule has 5 heteroatoms. The van der Waals surface area contributed by atoms with Gasteiger partial charge in [-0.1, -0.05) is 5.57 Å². The molecule has 0 heterocycles. The molecule has 0 saturated heterocycles. The highest BCUT2D eigenvalue weighted by Gasteiger charge is 2.15. The molecule has 0 aromatic rings. The maximum absolute atomic E-state index is 11.6. The highest BCUT2D eigenvalue weighted by molar-refractivity contribution is 5.81. The van der Waals surface area contributed by atoms with E-state index in [0.29, 0.717) is 18.7 Å². The molecule has 16 heavy (non-hydrogen) atoms. The molecule has 0 rings (SSSR count). The summed E-state index contributed by atoms with van der Waals surface area (Å²) in [6, 6.07) is -0.304. The summed E-state index contributed by atoms with van der Waals surface area (Å²) < 4.78 is 0. The number of carboxylic acids is 1. The van der Waals surface area contributed by atoms with Crippen molar-refractivity contribution in [3.05, 3.63) is 11.6 Å². The Kier molecular flexibility index (Phi) is 6.41. The Morgan fingerprint density at radius 3 is 2.50 bits per heavy atom. The van der Waals surface area contributed by atoms with Gasteiger partial charge in [-0.2, -0.15) is 0 Å². The summed E-state index contributed by atoms with van der Waals surface area (Å²) in [7, 11) is 1.74. The van der Waals surface area contributed by atoms with E-state index in [0.717, 1.165) is 6.08 Å². The third-order valence-electron chi connectivity index (χ3n) is 2.28. The zero-order valence-electron chi connectivity index (χ0n) is 10.3. The van der Waals surface area contributed by atoms with Crippen LogP contribution >= 0.6 is 0 Å². The third-order valence-corrected chi connectivity index (χ3v) is 2.28. The molecule has 0 bridgehead atoms. The molecule has 0 radical (unpaired) electrons. The number of carbonyl (C=O) groups excluding carboxylic acids is 1. The number of hydrogen-bond acceptors (Lipinski definition) is 3. The summed E-state index contributed by atoms with van der Waals surface area (Å²) in [5, 5.41) is 11.5. The molecule has 0 spiro atoms. The van der Waals surface area contributed by atoms with E-state index in [1.54, 1.807) is 25.8 Å². The number of amides is 1. The van der Waals surface area contributed by atoms with E-state index in [2.05, 4.69) is 5.32 Å². The predicted octanol–water partition coefficient (Wildman–Crippen LogP) is 0.474. The fourth-order valence-corrected chi connectivity index (χ4v) is 1.15. The lowest BCUT2D eigenvalue weighted by atomic mass is 10.2. The first-order valence-corrected chi connectivity index (χ1v) is 5.27. The first-order chi connectivity index (χ1) is 7.38. The fourth-order valence-electron chi connectivity index (χ4n) is 1.15. The van der Waals surface area contributed by atoms with Gasteiger partial charge in [0.15, 0.2) is 0 Å². The number of aliphatic carboxylic acids is 1. The topological polar surface area (TPSA) is 69.6 Å². The minimum Gasteiger partial charge on any atom is -0.478 e. The van der Waals surface area contributed by atoms with E-state index in [1.165, 1.54) is 0 Å². The Hall–Kier alpha value is -1.36. The van der Waals surface area contributed by atoms with Crippen molar-refractivity contribution in [2.45, 2.75) is 26.8 Å². The van der Waals surface area contributed by atoms with Crippen molar-refractivity contribution in [2.75, 3.05) is 20.1 Å². The maximum Gasteiger partial charge on any atom is 0.328 e. The molecule has 1 unspecified atom stereocenters. The smallest absolute Gasteiger partial charge is 0.328 e. The summed E-state index contributed by atoms with van der Waals surface area (Å²) in [6.07, 6.45) is 1.13. The van der Waals surface area contributed by atoms with E-state index >= 15 is 0 Å². The second kappa shape index (κ2) is 7.00. The van der Waals surface area contributed by atoms with Gasteiger partial charge in [0.2, 0.25) is 5.91 Å². The van der Waals surface area contributed by atoms with Crippen LogP contribution in [0.25, 0.3) is 0 Å². The Bertz CT molecular complexity index is 287. The molecule has 0 aromatic heterocycles. The number of nitrogens with one attached hydrogen (secondary N) is 1. The van der Waals surface area contributed by atoms with Crippen LogP contribution in [0.3, 0.4) is 0 Å². The number of rotatable bonds is 6. The van der Waals surface area contributed by atoms with E-state index < -0.39 is 5.97 Å². The lowest BCUT2D eigenvalue weighted by Crippen LogP contribution is -2.43. The minimum absolute atomic E-state index is 0.00521. The van der Waals surface area contributed by atoms with Crippen molar-refractivity contribution < 1.29 is 14.7 Å². The van der Waals surface area contributed by atoms with Crippen molar-refractivity contribution >= 4 is 11.9 Å². The molecule has 0 fully saturated rings. The summed E-state index contributed by atoms with van der Waals surface area (Å²) in [5.74, 6) is -0.963. The van der Waals surface area contributed by atoms with Crippen molar-refractivity contribution in [2.24, 2.45) is 0 Å². The second-order valence-corrected chi connectivity index (χ2v) is 3.78. The van der Waals surface area contributed by atoms with Gasteiger partial charge in [0.1, 0.15) is 0 Å². The first-order valence-electron chi connectivity index (χ1n) is 5.27.